The van der Waals surface area contributed by atoms with Gasteiger partial charge >= 0.3 is 0 Å². The second-order valence-corrected chi connectivity index (χ2v) is 5.80. The van der Waals surface area contributed by atoms with Gasteiger partial charge in [-0.3, -0.25) is 0 Å². The molecular formula is C13H25N5O. The molecule has 0 saturated carbocycles. The van der Waals surface area contributed by atoms with E-state index in [0.717, 1.165) is 45.0 Å². The van der Waals surface area contributed by atoms with Crippen LogP contribution in [0.5, 0.6) is 0 Å². The monoisotopic (exact) mass is 267 g/mol. The highest BCUT2D eigenvalue weighted by Crippen LogP contribution is 2.18. The lowest BCUT2D eigenvalue weighted by Gasteiger charge is -2.23. The first-order chi connectivity index (χ1) is 9.16. The summed E-state index contributed by atoms with van der Waals surface area (Å²) >= 11 is 0. The normalized spacial score (nSPS) is 18.9. The van der Waals surface area contributed by atoms with Gasteiger partial charge in [0.05, 0.1) is 6.04 Å². The van der Waals surface area contributed by atoms with Crippen molar-refractivity contribution in [3.8, 4) is 0 Å². The van der Waals surface area contributed by atoms with Crippen LogP contribution in [-0.2, 0) is 11.3 Å². The van der Waals surface area contributed by atoms with Gasteiger partial charge in [0.1, 0.15) is 0 Å². The van der Waals surface area contributed by atoms with Crippen molar-refractivity contribution in [2.45, 2.75) is 46.2 Å². The van der Waals surface area contributed by atoms with Gasteiger partial charge in [-0.15, -0.1) is 5.10 Å². The Morgan fingerprint density at radius 3 is 2.74 bits per heavy atom. The molecule has 1 aliphatic rings. The summed E-state index contributed by atoms with van der Waals surface area (Å²) in [6, 6.07) is 0.192. The van der Waals surface area contributed by atoms with Gasteiger partial charge < -0.3 is 10.1 Å². The lowest BCUT2D eigenvalue weighted by Crippen LogP contribution is -2.28. The van der Waals surface area contributed by atoms with Gasteiger partial charge in [0.15, 0.2) is 5.82 Å². The van der Waals surface area contributed by atoms with Crippen molar-refractivity contribution in [1.82, 2.24) is 25.5 Å². The second-order valence-electron chi connectivity index (χ2n) is 5.80. The van der Waals surface area contributed by atoms with E-state index >= 15 is 0 Å². The molecule has 6 nitrogen and oxygen atoms in total. The number of hydrogen-bond donors (Lipinski definition) is 1. The lowest BCUT2D eigenvalue weighted by molar-refractivity contribution is 0.0595. The van der Waals surface area contributed by atoms with Crippen LogP contribution in [0.1, 0.15) is 45.5 Å². The van der Waals surface area contributed by atoms with Crippen LogP contribution < -0.4 is 5.32 Å². The molecule has 1 aromatic heterocycles. The number of tetrazole rings is 1. The summed E-state index contributed by atoms with van der Waals surface area (Å²) < 4.78 is 7.34. The number of nitrogens with zero attached hydrogens (tertiary/aromatic N) is 4. The highest BCUT2D eigenvalue weighted by molar-refractivity contribution is 4.90. The molecule has 1 aliphatic heterocycles. The largest absolute Gasteiger partial charge is 0.381 e. The summed E-state index contributed by atoms with van der Waals surface area (Å²) in [6.45, 7) is 10.1. The van der Waals surface area contributed by atoms with Crippen molar-refractivity contribution in [1.29, 1.82) is 0 Å². The predicted molar refractivity (Wildman–Crippen MR) is 72.6 cm³/mol. The zero-order chi connectivity index (χ0) is 13.7. The highest BCUT2D eigenvalue weighted by atomic mass is 16.5. The van der Waals surface area contributed by atoms with E-state index in [4.69, 9.17) is 4.74 Å². The van der Waals surface area contributed by atoms with E-state index in [1.54, 1.807) is 0 Å². The van der Waals surface area contributed by atoms with Gasteiger partial charge in [-0.05, 0) is 48.6 Å². The topological polar surface area (TPSA) is 64.9 Å². The van der Waals surface area contributed by atoms with Crippen LogP contribution in [0.25, 0.3) is 0 Å². The fourth-order valence-corrected chi connectivity index (χ4v) is 2.33. The highest BCUT2D eigenvalue weighted by Gasteiger charge is 2.19. The van der Waals surface area contributed by atoms with Crippen molar-refractivity contribution >= 4 is 0 Å². The van der Waals surface area contributed by atoms with E-state index in [9.17, 15) is 0 Å². The fourth-order valence-electron chi connectivity index (χ4n) is 2.33. The Bertz CT molecular complexity index is 373. The van der Waals surface area contributed by atoms with Crippen molar-refractivity contribution in [3.63, 3.8) is 0 Å². The average molecular weight is 267 g/mol. The molecule has 2 heterocycles. The first-order valence-corrected chi connectivity index (χ1v) is 7.24. The van der Waals surface area contributed by atoms with Crippen molar-refractivity contribution in [2.24, 2.45) is 11.8 Å². The van der Waals surface area contributed by atoms with Crippen LogP contribution in [0.2, 0.25) is 0 Å². The third-order valence-corrected chi connectivity index (χ3v) is 3.55. The number of rotatable bonds is 6. The molecule has 6 heteroatoms. The molecule has 2 rings (SSSR count). The minimum atomic E-state index is 0.192. The van der Waals surface area contributed by atoms with Crippen LogP contribution in [0, 0.1) is 11.8 Å². The van der Waals surface area contributed by atoms with Crippen LogP contribution in [0.15, 0.2) is 0 Å². The third-order valence-electron chi connectivity index (χ3n) is 3.55. The maximum atomic E-state index is 5.39. The molecule has 0 bridgehead atoms. The number of ether oxygens (including phenoxy) is 1. The molecule has 0 spiro atoms. The molecule has 0 radical (unpaired) electrons. The molecule has 1 saturated heterocycles. The Hall–Kier alpha value is -1.01. The van der Waals surface area contributed by atoms with Gasteiger partial charge in [-0.25, -0.2) is 4.68 Å². The van der Waals surface area contributed by atoms with Crippen LogP contribution in [0.3, 0.4) is 0 Å². The number of aromatic nitrogens is 4. The Kier molecular flexibility index (Phi) is 5.27. The molecule has 0 aromatic carbocycles. The van der Waals surface area contributed by atoms with E-state index in [1.165, 1.54) is 0 Å². The summed E-state index contributed by atoms with van der Waals surface area (Å²) in [6.07, 6.45) is 2.21. The molecule has 1 unspecified atom stereocenters. The van der Waals surface area contributed by atoms with E-state index < -0.39 is 0 Å². The van der Waals surface area contributed by atoms with E-state index in [1.807, 2.05) is 4.68 Å². The van der Waals surface area contributed by atoms with Gasteiger partial charge in [0.25, 0.3) is 0 Å². The van der Waals surface area contributed by atoms with Crippen LogP contribution >= 0.6 is 0 Å². The SMILES string of the molecule is CC(C)CNC(C)c1nnnn1CC1CCOCC1. The summed E-state index contributed by atoms with van der Waals surface area (Å²) in [5.41, 5.74) is 0. The van der Waals surface area contributed by atoms with Gasteiger partial charge in [0, 0.05) is 19.8 Å². The maximum Gasteiger partial charge on any atom is 0.167 e. The first kappa shape index (κ1) is 14.4. The standard InChI is InChI=1S/C13H25N5O/c1-10(2)8-14-11(3)13-15-16-17-18(13)9-12-4-6-19-7-5-12/h10-12,14H,4-9H2,1-3H3. The molecule has 1 atom stereocenters. The zero-order valence-corrected chi connectivity index (χ0v) is 12.2. The summed E-state index contributed by atoms with van der Waals surface area (Å²) in [5, 5.41) is 15.6. The predicted octanol–water partition coefficient (Wildman–Crippen LogP) is 1.41. The van der Waals surface area contributed by atoms with Gasteiger partial charge in [-0.2, -0.15) is 0 Å². The third kappa shape index (κ3) is 4.24. The van der Waals surface area contributed by atoms with Crippen LogP contribution in [-0.4, -0.2) is 40.0 Å². The van der Waals surface area contributed by atoms with Crippen molar-refractivity contribution < 1.29 is 4.74 Å². The minimum Gasteiger partial charge on any atom is -0.381 e. The van der Waals surface area contributed by atoms with Crippen LogP contribution in [0.4, 0.5) is 0 Å². The molecular weight excluding hydrogens is 242 g/mol. The smallest absolute Gasteiger partial charge is 0.167 e. The lowest BCUT2D eigenvalue weighted by atomic mass is 10.0. The Balaban J connectivity index is 1.92. The van der Waals surface area contributed by atoms with E-state index in [-0.39, 0.29) is 6.04 Å². The molecule has 1 aromatic rings. The summed E-state index contributed by atoms with van der Waals surface area (Å²) in [5.74, 6) is 2.20. The minimum absolute atomic E-state index is 0.192. The summed E-state index contributed by atoms with van der Waals surface area (Å²) in [4.78, 5) is 0. The fraction of sp³-hybridized carbons (Fsp3) is 0.923. The van der Waals surface area contributed by atoms with E-state index in [0.29, 0.717) is 11.8 Å². The average Bonchev–Trinajstić information content (AvgIpc) is 2.85. The van der Waals surface area contributed by atoms with Crippen molar-refractivity contribution in [2.75, 3.05) is 19.8 Å². The van der Waals surface area contributed by atoms with Gasteiger partial charge in [0.2, 0.25) is 0 Å². The molecule has 0 amide bonds. The van der Waals surface area contributed by atoms with E-state index in [2.05, 4.69) is 41.6 Å². The first-order valence-electron chi connectivity index (χ1n) is 7.24. The quantitative estimate of drug-likeness (QED) is 0.844. The Labute approximate surface area is 114 Å². The summed E-state index contributed by atoms with van der Waals surface area (Å²) in [7, 11) is 0. The Morgan fingerprint density at radius 2 is 2.05 bits per heavy atom. The molecule has 1 fully saturated rings. The van der Waals surface area contributed by atoms with Crippen molar-refractivity contribution in [3.05, 3.63) is 5.82 Å². The number of nitrogens with one attached hydrogen (secondary N) is 1. The Morgan fingerprint density at radius 1 is 1.32 bits per heavy atom. The zero-order valence-electron chi connectivity index (χ0n) is 12.2. The molecule has 1 N–H and O–H groups in total. The molecule has 19 heavy (non-hydrogen) atoms. The van der Waals surface area contributed by atoms with Gasteiger partial charge in [-0.1, -0.05) is 13.8 Å². The number of hydrogen-bond acceptors (Lipinski definition) is 5. The maximum absolute atomic E-state index is 5.39. The molecule has 0 aliphatic carbocycles. The molecule has 108 valence electrons. The second kappa shape index (κ2) is 6.96.